The third-order valence-corrected chi connectivity index (χ3v) is 5.77. The third kappa shape index (κ3) is 7.09. The zero-order valence-electron chi connectivity index (χ0n) is 18.0. The fourth-order valence-corrected chi connectivity index (χ4v) is 4.01. The Hall–Kier alpha value is -2.87. The van der Waals surface area contributed by atoms with Crippen LogP contribution in [-0.2, 0) is 16.0 Å². The van der Waals surface area contributed by atoms with Crippen molar-refractivity contribution >= 4 is 33.9 Å². The molecule has 1 aliphatic rings. The Balaban J connectivity index is 1.41. The van der Waals surface area contributed by atoms with Gasteiger partial charge in [0.05, 0.1) is 6.61 Å². The molecule has 1 saturated heterocycles. The van der Waals surface area contributed by atoms with Crippen LogP contribution in [0.4, 0.5) is 4.79 Å². The van der Waals surface area contributed by atoms with Crippen molar-refractivity contribution in [2.24, 2.45) is 0 Å². The molecule has 7 nitrogen and oxygen atoms in total. The SMILES string of the molecule is CCOC(=O)Oc1ccc(C(=O)NC2CCN(C(=O)CCc3cccc(Br)c3)CC2)cc1. The number of likely N-dealkylation sites (tertiary alicyclic amines) is 1. The maximum Gasteiger partial charge on any atom is 0.513 e. The van der Waals surface area contributed by atoms with Crippen LogP contribution in [0.1, 0.15) is 42.1 Å². The zero-order valence-corrected chi connectivity index (χ0v) is 19.6. The minimum atomic E-state index is -0.775. The Bertz CT molecular complexity index is 940. The van der Waals surface area contributed by atoms with Crippen LogP contribution in [0, 0.1) is 0 Å². The number of aryl methyl sites for hydroxylation is 1. The summed E-state index contributed by atoms with van der Waals surface area (Å²) < 4.78 is 10.7. The third-order valence-electron chi connectivity index (χ3n) is 5.28. The number of nitrogens with zero attached hydrogens (tertiary/aromatic N) is 1. The van der Waals surface area contributed by atoms with E-state index in [9.17, 15) is 14.4 Å². The normalized spacial score (nSPS) is 14.0. The maximum atomic E-state index is 12.5. The number of carbonyl (C=O) groups is 3. The largest absolute Gasteiger partial charge is 0.513 e. The minimum Gasteiger partial charge on any atom is -0.434 e. The van der Waals surface area contributed by atoms with Crippen molar-refractivity contribution in [3.8, 4) is 5.75 Å². The molecule has 0 atom stereocenters. The fraction of sp³-hybridized carbons (Fsp3) is 0.375. The number of benzene rings is 2. The van der Waals surface area contributed by atoms with Crippen molar-refractivity contribution in [2.75, 3.05) is 19.7 Å². The van der Waals surface area contributed by atoms with Gasteiger partial charge in [-0.25, -0.2) is 4.79 Å². The molecule has 2 amide bonds. The molecule has 8 heteroatoms. The van der Waals surface area contributed by atoms with E-state index in [1.54, 1.807) is 31.2 Å². The van der Waals surface area contributed by atoms with Crippen molar-refractivity contribution in [1.82, 2.24) is 10.2 Å². The lowest BCUT2D eigenvalue weighted by Crippen LogP contribution is -2.46. The molecule has 3 rings (SSSR count). The Kier molecular flexibility index (Phi) is 8.67. The van der Waals surface area contributed by atoms with Gasteiger partial charge in [0, 0.05) is 35.6 Å². The molecule has 2 aromatic carbocycles. The van der Waals surface area contributed by atoms with Crippen molar-refractivity contribution in [1.29, 1.82) is 0 Å². The second-order valence-corrected chi connectivity index (χ2v) is 8.48. The lowest BCUT2D eigenvalue weighted by Gasteiger charge is -2.32. The molecule has 0 unspecified atom stereocenters. The molecular weight excluding hydrogens is 476 g/mol. The Morgan fingerprint density at radius 1 is 1.09 bits per heavy atom. The summed E-state index contributed by atoms with van der Waals surface area (Å²) in [6, 6.07) is 14.3. The Morgan fingerprint density at radius 3 is 2.47 bits per heavy atom. The Labute approximate surface area is 196 Å². The summed E-state index contributed by atoms with van der Waals surface area (Å²) in [6.07, 6.45) is 1.86. The number of carbonyl (C=O) groups excluding carboxylic acids is 3. The molecule has 0 bridgehead atoms. The van der Waals surface area contributed by atoms with Crippen molar-refractivity contribution in [3.05, 3.63) is 64.1 Å². The van der Waals surface area contributed by atoms with Gasteiger partial charge in [-0.2, -0.15) is 0 Å². The van der Waals surface area contributed by atoms with Gasteiger partial charge in [-0.3, -0.25) is 9.59 Å². The predicted octanol–water partition coefficient (Wildman–Crippen LogP) is 4.34. The van der Waals surface area contributed by atoms with Crippen LogP contribution in [0.25, 0.3) is 0 Å². The molecule has 170 valence electrons. The molecule has 1 heterocycles. The summed E-state index contributed by atoms with van der Waals surface area (Å²) >= 11 is 3.45. The molecule has 1 N–H and O–H groups in total. The summed E-state index contributed by atoms with van der Waals surface area (Å²) in [5, 5.41) is 3.02. The van der Waals surface area contributed by atoms with Gasteiger partial charge >= 0.3 is 6.16 Å². The first-order chi connectivity index (χ1) is 15.4. The van der Waals surface area contributed by atoms with Gasteiger partial charge in [0.25, 0.3) is 5.91 Å². The van der Waals surface area contributed by atoms with Crippen LogP contribution in [0.5, 0.6) is 5.75 Å². The highest BCUT2D eigenvalue weighted by Gasteiger charge is 2.24. The summed E-state index contributed by atoms with van der Waals surface area (Å²) in [4.78, 5) is 38.3. The standard InChI is InChI=1S/C24H27BrN2O5/c1-2-31-24(30)32-21-9-7-18(8-10-21)23(29)26-20-12-14-27(15-13-20)22(28)11-6-17-4-3-5-19(25)16-17/h3-5,7-10,16,20H,2,6,11-15H2,1H3,(H,26,29). The molecule has 0 spiro atoms. The van der Waals surface area contributed by atoms with Crippen molar-refractivity contribution in [3.63, 3.8) is 0 Å². The van der Waals surface area contributed by atoms with Crippen molar-refractivity contribution in [2.45, 2.75) is 38.6 Å². The molecule has 1 fully saturated rings. The molecule has 2 aromatic rings. The highest BCUT2D eigenvalue weighted by molar-refractivity contribution is 9.10. The van der Waals surface area contributed by atoms with Gasteiger partial charge in [-0.15, -0.1) is 0 Å². The molecule has 0 aromatic heterocycles. The maximum absolute atomic E-state index is 12.5. The van der Waals surface area contributed by atoms with Crippen molar-refractivity contribution < 1.29 is 23.9 Å². The number of ether oxygens (including phenoxy) is 2. The van der Waals surface area contributed by atoms with Crippen LogP contribution in [0.3, 0.4) is 0 Å². The number of rotatable bonds is 7. The molecule has 0 aliphatic carbocycles. The van der Waals surface area contributed by atoms with E-state index in [4.69, 9.17) is 9.47 Å². The van der Waals surface area contributed by atoms with Crippen LogP contribution < -0.4 is 10.1 Å². The van der Waals surface area contributed by atoms with Gasteiger partial charge < -0.3 is 19.7 Å². The molecule has 32 heavy (non-hydrogen) atoms. The first-order valence-corrected chi connectivity index (χ1v) is 11.5. The second kappa shape index (κ2) is 11.7. The summed E-state index contributed by atoms with van der Waals surface area (Å²) in [7, 11) is 0. The molecule has 0 radical (unpaired) electrons. The van der Waals surface area contributed by atoms with Crippen LogP contribution in [0.2, 0.25) is 0 Å². The molecule has 0 saturated carbocycles. The van der Waals surface area contributed by atoms with E-state index >= 15 is 0 Å². The zero-order chi connectivity index (χ0) is 22.9. The highest BCUT2D eigenvalue weighted by atomic mass is 79.9. The number of hydrogen-bond acceptors (Lipinski definition) is 5. The minimum absolute atomic E-state index is 0.0205. The van der Waals surface area contributed by atoms with Crippen LogP contribution in [-0.4, -0.2) is 48.6 Å². The van der Waals surface area contributed by atoms with Gasteiger partial charge in [-0.05, 0) is 68.1 Å². The van der Waals surface area contributed by atoms with Crippen LogP contribution in [0.15, 0.2) is 53.0 Å². The number of halogens is 1. The molecular formula is C24H27BrN2O5. The molecule has 1 aliphatic heterocycles. The van der Waals surface area contributed by atoms with Crippen LogP contribution >= 0.6 is 15.9 Å². The Morgan fingerprint density at radius 2 is 1.81 bits per heavy atom. The lowest BCUT2D eigenvalue weighted by atomic mass is 10.0. The van der Waals surface area contributed by atoms with E-state index in [0.717, 1.165) is 22.9 Å². The first kappa shape index (κ1) is 23.8. The van der Waals surface area contributed by atoms with E-state index in [2.05, 4.69) is 21.2 Å². The predicted molar refractivity (Wildman–Crippen MR) is 124 cm³/mol. The topological polar surface area (TPSA) is 84.9 Å². The summed E-state index contributed by atoms with van der Waals surface area (Å²) in [5.41, 5.74) is 1.61. The summed E-state index contributed by atoms with van der Waals surface area (Å²) in [6.45, 7) is 3.19. The smallest absolute Gasteiger partial charge is 0.434 e. The number of amides is 2. The quantitative estimate of drug-likeness (QED) is 0.449. The van der Waals surface area contributed by atoms with Gasteiger partial charge in [0.15, 0.2) is 0 Å². The average Bonchev–Trinajstić information content (AvgIpc) is 2.78. The van der Waals surface area contributed by atoms with Gasteiger partial charge in [-0.1, -0.05) is 28.1 Å². The number of nitrogens with one attached hydrogen (secondary N) is 1. The van der Waals surface area contributed by atoms with Gasteiger partial charge in [0.1, 0.15) is 5.75 Å². The fourth-order valence-electron chi connectivity index (χ4n) is 3.56. The van der Waals surface area contributed by atoms with Gasteiger partial charge in [0.2, 0.25) is 5.91 Å². The monoisotopic (exact) mass is 502 g/mol. The average molecular weight is 503 g/mol. The second-order valence-electron chi connectivity index (χ2n) is 7.57. The first-order valence-electron chi connectivity index (χ1n) is 10.7. The number of piperidine rings is 1. The van der Waals surface area contributed by atoms with E-state index in [1.165, 1.54) is 0 Å². The highest BCUT2D eigenvalue weighted by Crippen LogP contribution is 2.17. The van der Waals surface area contributed by atoms with E-state index < -0.39 is 6.16 Å². The van der Waals surface area contributed by atoms with E-state index in [-0.39, 0.29) is 24.5 Å². The van der Waals surface area contributed by atoms with E-state index in [0.29, 0.717) is 37.2 Å². The lowest BCUT2D eigenvalue weighted by molar-refractivity contribution is -0.132. The van der Waals surface area contributed by atoms with E-state index in [1.807, 2.05) is 29.2 Å². The number of hydrogen-bond donors (Lipinski definition) is 1. The summed E-state index contributed by atoms with van der Waals surface area (Å²) in [5.74, 6) is 0.272.